The molecule has 8 heteroatoms. The molecule has 1 saturated heterocycles. The van der Waals surface area contributed by atoms with E-state index in [2.05, 4.69) is 15.1 Å². The van der Waals surface area contributed by atoms with Crippen LogP contribution in [-0.4, -0.2) is 48.5 Å². The molecule has 0 atom stereocenters. The summed E-state index contributed by atoms with van der Waals surface area (Å²) in [5, 5.41) is 14.3. The number of anilines is 1. The van der Waals surface area contributed by atoms with Gasteiger partial charge in [-0.1, -0.05) is 29.8 Å². The SMILES string of the molecule is O=C(CN1CCN(c2ccc([N+](=O)[O-])cc2)CC1)NCc1ccccc1Cl. The molecular formula is C19H21ClN4O3. The van der Waals surface area contributed by atoms with Crippen LogP contribution in [0.3, 0.4) is 0 Å². The van der Waals surface area contributed by atoms with Crippen LogP contribution in [0.1, 0.15) is 5.56 Å². The van der Waals surface area contributed by atoms with Gasteiger partial charge in [0.05, 0.1) is 11.5 Å². The zero-order valence-corrected chi connectivity index (χ0v) is 15.6. The number of carbonyl (C=O) groups excluding carboxylic acids is 1. The third-order valence-corrected chi connectivity index (χ3v) is 4.97. The van der Waals surface area contributed by atoms with E-state index in [1.807, 2.05) is 18.2 Å². The Morgan fingerprint density at radius 2 is 1.74 bits per heavy atom. The van der Waals surface area contributed by atoms with Crippen molar-refractivity contribution in [1.29, 1.82) is 0 Å². The van der Waals surface area contributed by atoms with E-state index in [0.29, 0.717) is 18.1 Å². The fourth-order valence-corrected chi connectivity index (χ4v) is 3.25. The quantitative estimate of drug-likeness (QED) is 0.608. The van der Waals surface area contributed by atoms with Crippen molar-refractivity contribution in [2.75, 3.05) is 37.6 Å². The first-order chi connectivity index (χ1) is 13.0. The summed E-state index contributed by atoms with van der Waals surface area (Å²) in [6.45, 7) is 3.83. The van der Waals surface area contributed by atoms with Gasteiger partial charge in [0.1, 0.15) is 0 Å². The average Bonchev–Trinajstić information content (AvgIpc) is 2.68. The first-order valence-electron chi connectivity index (χ1n) is 8.75. The largest absolute Gasteiger partial charge is 0.369 e. The van der Waals surface area contributed by atoms with Crippen LogP contribution in [0, 0.1) is 10.1 Å². The highest BCUT2D eigenvalue weighted by Crippen LogP contribution is 2.20. The number of halogens is 1. The highest BCUT2D eigenvalue weighted by atomic mass is 35.5. The Labute approximate surface area is 162 Å². The Morgan fingerprint density at radius 3 is 2.37 bits per heavy atom. The van der Waals surface area contributed by atoms with Crippen LogP contribution in [-0.2, 0) is 11.3 Å². The molecule has 2 aromatic rings. The molecule has 1 amide bonds. The number of hydrogen-bond acceptors (Lipinski definition) is 5. The van der Waals surface area contributed by atoms with Crippen LogP contribution >= 0.6 is 11.6 Å². The number of nitro benzene ring substituents is 1. The molecule has 27 heavy (non-hydrogen) atoms. The molecule has 0 aromatic heterocycles. The van der Waals surface area contributed by atoms with Crippen LogP contribution in [0.5, 0.6) is 0 Å². The molecule has 1 heterocycles. The molecule has 1 aliphatic rings. The van der Waals surface area contributed by atoms with Crippen LogP contribution in [0.15, 0.2) is 48.5 Å². The van der Waals surface area contributed by atoms with E-state index in [1.54, 1.807) is 18.2 Å². The predicted molar refractivity (Wildman–Crippen MR) is 105 cm³/mol. The number of nitrogens with zero attached hydrogens (tertiary/aromatic N) is 3. The van der Waals surface area contributed by atoms with Gasteiger partial charge in [-0.25, -0.2) is 0 Å². The van der Waals surface area contributed by atoms with E-state index in [1.165, 1.54) is 12.1 Å². The molecule has 142 valence electrons. The third-order valence-electron chi connectivity index (χ3n) is 4.60. The monoisotopic (exact) mass is 388 g/mol. The minimum atomic E-state index is -0.400. The molecule has 7 nitrogen and oxygen atoms in total. The number of piperazine rings is 1. The van der Waals surface area contributed by atoms with Gasteiger partial charge in [0.2, 0.25) is 5.91 Å². The van der Waals surface area contributed by atoms with Crippen molar-refractivity contribution >= 4 is 28.9 Å². The number of amides is 1. The number of benzene rings is 2. The Morgan fingerprint density at radius 1 is 1.07 bits per heavy atom. The van der Waals surface area contributed by atoms with E-state index in [0.717, 1.165) is 37.4 Å². The number of carbonyl (C=O) groups is 1. The lowest BCUT2D eigenvalue weighted by atomic mass is 10.2. The molecule has 1 fully saturated rings. The van der Waals surface area contributed by atoms with Crippen molar-refractivity contribution < 1.29 is 9.72 Å². The summed E-state index contributed by atoms with van der Waals surface area (Å²) < 4.78 is 0. The van der Waals surface area contributed by atoms with Crippen LogP contribution in [0.25, 0.3) is 0 Å². The zero-order chi connectivity index (χ0) is 19.2. The van der Waals surface area contributed by atoms with Gasteiger partial charge in [0.25, 0.3) is 5.69 Å². The summed E-state index contributed by atoms with van der Waals surface area (Å²) in [6.07, 6.45) is 0. The molecule has 0 aliphatic carbocycles. The number of hydrogen-bond donors (Lipinski definition) is 1. The topological polar surface area (TPSA) is 78.7 Å². The molecule has 0 unspecified atom stereocenters. The minimum Gasteiger partial charge on any atom is -0.369 e. The zero-order valence-electron chi connectivity index (χ0n) is 14.8. The van der Waals surface area contributed by atoms with Gasteiger partial charge in [-0.05, 0) is 23.8 Å². The number of nitrogens with one attached hydrogen (secondary N) is 1. The Bertz CT molecular complexity index is 805. The second-order valence-corrected chi connectivity index (χ2v) is 6.81. The fraction of sp³-hybridized carbons (Fsp3) is 0.316. The summed E-state index contributed by atoms with van der Waals surface area (Å²) >= 11 is 6.10. The van der Waals surface area contributed by atoms with Gasteiger partial charge < -0.3 is 10.2 Å². The second kappa shape index (κ2) is 8.83. The minimum absolute atomic E-state index is 0.0290. The van der Waals surface area contributed by atoms with Crippen LogP contribution in [0.4, 0.5) is 11.4 Å². The number of nitro groups is 1. The third kappa shape index (κ3) is 5.18. The van der Waals surface area contributed by atoms with Gasteiger partial charge in [0, 0.05) is 55.6 Å². The maximum atomic E-state index is 12.2. The van der Waals surface area contributed by atoms with E-state index in [9.17, 15) is 14.9 Å². The first kappa shape index (κ1) is 19.1. The smallest absolute Gasteiger partial charge is 0.269 e. The van der Waals surface area contributed by atoms with Gasteiger partial charge in [0.15, 0.2) is 0 Å². The van der Waals surface area contributed by atoms with Crippen molar-refractivity contribution in [3.63, 3.8) is 0 Å². The molecule has 0 bridgehead atoms. The Balaban J connectivity index is 1.44. The standard InChI is InChI=1S/C19H21ClN4O3/c20-18-4-2-1-3-15(18)13-21-19(25)14-22-9-11-23(12-10-22)16-5-7-17(8-6-16)24(26)27/h1-8H,9-14H2,(H,21,25). The Hall–Kier alpha value is -2.64. The Kier molecular flexibility index (Phi) is 6.26. The lowest BCUT2D eigenvalue weighted by Crippen LogP contribution is -2.49. The molecule has 0 radical (unpaired) electrons. The second-order valence-electron chi connectivity index (χ2n) is 6.40. The molecule has 2 aromatic carbocycles. The van der Waals surface area contributed by atoms with Gasteiger partial charge in [-0.3, -0.25) is 19.8 Å². The van der Waals surface area contributed by atoms with E-state index < -0.39 is 4.92 Å². The lowest BCUT2D eigenvalue weighted by Gasteiger charge is -2.35. The van der Waals surface area contributed by atoms with Crippen molar-refractivity contribution in [2.45, 2.75) is 6.54 Å². The molecule has 0 spiro atoms. The van der Waals surface area contributed by atoms with Gasteiger partial charge in [-0.2, -0.15) is 0 Å². The van der Waals surface area contributed by atoms with Crippen LogP contribution in [0.2, 0.25) is 5.02 Å². The lowest BCUT2D eigenvalue weighted by molar-refractivity contribution is -0.384. The summed E-state index contributed by atoms with van der Waals surface area (Å²) in [6, 6.07) is 14.0. The van der Waals surface area contributed by atoms with E-state index in [-0.39, 0.29) is 11.6 Å². The van der Waals surface area contributed by atoms with Crippen molar-refractivity contribution in [1.82, 2.24) is 10.2 Å². The molecule has 0 saturated carbocycles. The van der Waals surface area contributed by atoms with Gasteiger partial charge >= 0.3 is 0 Å². The summed E-state index contributed by atoms with van der Waals surface area (Å²) in [5.74, 6) is -0.0290. The number of rotatable bonds is 6. The van der Waals surface area contributed by atoms with Crippen molar-refractivity contribution in [2.24, 2.45) is 0 Å². The van der Waals surface area contributed by atoms with E-state index >= 15 is 0 Å². The average molecular weight is 389 g/mol. The predicted octanol–water partition coefficient (Wildman–Crippen LogP) is 2.69. The molecular weight excluding hydrogens is 368 g/mol. The molecule has 1 N–H and O–H groups in total. The van der Waals surface area contributed by atoms with E-state index in [4.69, 9.17) is 11.6 Å². The molecule has 1 aliphatic heterocycles. The van der Waals surface area contributed by atoms with Crippen molar-refractivity contribution in [3.8, 4) is 0 Å². The maximum absolute atomic E-state index is 12.2. The van der Waals surface area contributed by atoms with Crippen LogP contribution < -0.4 is 10.2 Å². The summed E-state index contributed by atoms with van der Waals surface area (Å²) in [4.78, 5) is 26.8. The summed E-state index contributed by atoms with van der Waals surface area (Å²) in [7, 11) is 0. The maximum Gasteiger partial charge on any atom is 0.269 e. The first-order valence-corrected chi connectivity index (χ1v) is 9.12. The van der Waals surface area contributed by atoms with Gasteiger partial charge in [-0.15, -0.1) is 0 Å². The highest BCUT2D eigenvalue weighted by Gasteiger charge is 2.19. The molecule has 3 rings (SSSR count). The number of non-ortho nitro benzene ring substituents is 1. The normalized spacial score (nSPS) is 14.8. The summed E-state index contributed by atoms with van der Waals surface area (Å²) in [5.41, 5.74) is 1.95. The van der Waals surface area contributed by atoms with Crippen molar-refractivity contribution in [3.05, 3.63) is 69.2 Å². The fourth-order valence-electron chi connectivity index (χ4n) is 3.04. The highest BCUT2D eigenvalue weighted by molar-refractivity contribution is 6.31.